The van der Waals surface area contributed by atoms with Gasteiger partial charge in [0.25, 0.3) is 0 Å². The fraction of sp³-hybridized carbons (Fsp3) is 0.444. The van der Waals surface area contributed by atoms with E-state index in [9.17, 15) is 5.26 Å². The number of hydrogen-bond donors (Lipinski definition) is 0. The van der Waals surface area contributed by atoms with E-state index in [0.29, 0.717) is 12.5 Å². The number of aryl methyl sites for hydroxylation is 1. The molecule has 2 aromatic rings. The van der Waals surface area contributed by atoms with E-state index >= 15 is 0 Å². The highest BCUT2D eigenvalue weighted by atomic mass is 15.3. The maximum Gasteiger partial charge on any atom is 0.0884 e. The van der Waals surface area contributed by atoms with Crippen LogP contribution in [-0.2, 0) is 18.3 Å². The van der Waals surface area contributed by atoms with Crippen LogP contribution >= 0.6 is 0 Å². The molecule has 0 amide bonds. The van der Waals surface area contributed by atoms with Gasteiger partial charge in [0.1, 0.15) is 0 Å². The summed E-state index contributed by atoms with van der Waals surface area (Å²) >= 11 is 0. The first-order valence-electron chi connectivity index (χ1n) is 7.72. The van der Waals surface area contributed by atoms with Crippen molar-refractivity contribution in [3.63, 3.8) is 0 Å². The Morgan fingerprint density at radius 3 is 2.95 bits per heavy atom. The van der Waals surface area contributed by atoms with E-state index in [4.69, 9.17) is 0 Å². The summed E-state index contributed by atoms with van der Waals surface area (Å²) in [6.45, 7) is 4.33. The van der Waals surface area contributed by atoms with Gasteiger partial charge in [0.15, 0.2) is 0 Å². The summed E-state index contributed by atoms with van der Waals surface area (Å²) in [4.78, 5) is 0. The van der Waals surface area contributed by atoms with Crippen LogP contribution in [-0.4, -0.2) is 9.78 Å². The third kappa shape index (κ3) is 2.35. The number of nitriles is 1. The Balaban J connectivity index is 1.90. The van der Waals surface area contributed by atoms with E-state index in [1.54, 1.807) is 0 Å². The molecule has 21 heavy (non-hydrogen) atoms. The molecule has 2 unspecified atom stereocenters. The quantitative estimate of drug-likeness (QED) is 0.854. The Morgan fingerprint density at radius 2 is 2.19 bits per heavy atom. The Bertz CT molecular complexity index is 680. The monoisotopic (exact) mass is 279 g/mol. The lowest BCUT2D eigenvalue weighted by molar-refractivity contribution is 0.464. The Hall–Kier alpha value is -2.08. The van der Waals surface area contributed by atoms with Crippen molar-refractivity contribution in [2.24, 2.45) is 0 Å². The van der Waals surface area contributed by atoms with Crippen LogP contribution in [0.4, 0.5) is 0 Å². The minimum Gasteiger partial charge on any atom is -0.270 e. The van der Waals surface area contributed by atoms with Gasteiger partial charge in [-0.1, -0.05) is 31.2 Å². The number of fused-ring (bicyclic) bond motifs is 1. The van der Waals surface area contributed by atoms with Crippen LogP contribution in [0.2, 0.25) is 0 Å². The molecule has 1 aromatic heterocycles. The van der Waals surface area contributed by atoms with Gasteiger partial charge < -0.3 is 0 Å². The van der Waals surface area contributed by atoms with Gasteiger partial charge in [-0.25, -0.2) is 0 Å². The molecule has 1 aliphatic rings. The second kappa shape index (κ2) is 5.37. The fourth-order valence-electron chi connectivity index (χ4n) is 3.24. The van der Waals surface area contributed by atoms with Gasteiger partial charge in [-0.15, -0.1) is 0 Å². The zero-order valence-corrected chi connectivity index (χ0v) is 12.7. The molecule has 1 aromatic carbocycles. The molecule has 0 radical (unpaired) electrons. The molecule has 1 heterocycles. The first-order valence-corrected chi connectivity index (χ1v) is 7.72. The first kappa shape index (κ1) is 13.9. The fourth-order valence-corrected chi connectivity index (χ4v) is 3.24. The van der Waals surface area contributed by atoms with Gasteiger partial charge in [0, 0.05) is 18.7 Å². The molecule has 0 saturated heterocycles. The topological polar surface area (TPSA) is 41.6 Å². The van der Waals surface area contributed by atoms with Crippen molar-refractivity contribution in [1.82, 2.24) is 9.78 Å². The van der Waals surface area contributed by atoms with Gasteiger partial charge in [-0.2, -0.15) is 10.4 Å². The van der Waals surface area contributed by atoms with Crippen LogP contribution in [0.3, 0.4) is 0 Å². The third-order valence-corrected chi connectivity index (χ3v) is 4.76. The molecular formula is C18H21N3. The van der Waals surface area contributed by atoms with Crippen molar-refractivity contribution in [2.75, 3.05) is 0 Å². The van der Waals surface area contributed by atoms with Gasteiger partial charge in [-0.3, -0.25) is 4.68 Å². The SMILES string of the molecule is CCC(C)n1ccc(CC2(C#N)CCc3ccccc32)n1. The lowest BCUT2D eigenvalue weighted by atomic mass is 9.79. The van der Waals surface area contributed by atoms with E-state index < -0.39 is 5.41 Å². The van der Waals surface area contributed by atoms with Crippen LogP contribution in [0, 0.1) is 11.3 Å². The minimum atomic E-state index is -0.398. The standard InChI is InChI=1S/C18H21N3/c1-3-14(2)21-11-9-16(20-21)12-18(13-19)10-8-15-6-4-5-7-17(15)18/h4-7,9,11,14H,3,8,10,12H2,1-2H3. The molecule has 1 aliphatic carbocycles. The van der Waals surface area contributed by atoms with Crippen molar-refractivity contribution in [2.45, 2.75) is 51.0 Å². The lowest BCUT2D eigenvalue weighted by Crippen LogP contribution is -2.24. The number of rotatable bonds is 4. The van der Waals surface area contributed by atoms with Crippen LogP contribution in [0.5, 0.6) is 0 Å². The zero-order valence-electron chi connectivity index (χ0n) is 12.7. The minimum absolute atomic E-state index is 0.398. The normalized spacial score (nSPS) is 21.8. The van der Waals surface area contributed by atoms with E-state index in [1.165, 1.54) is 11.1 Å². The summed E-state index contributed by atoms with van der Waals surface area (Å²) in [6.07, 6.45) is 5.71. The van der Waals surface area contributed by atoms with Gasteiger partial charge >= 0.3 is 0 Å². The lowest BCUT2D eigenvalue weighted by Gasteiger charge is -2.21. The maximum atomic E-state index is 9.80. The predicted octanol–water partition coefficient (Wildman–Crippen LogP) is 3.80. The largest absolute Gasteiger partial charge is 0.270 e. The first-order chi connectivity index (χ1) is 10.2. The van der Waals surface area contributed by atoms with Crippen LogP contribution < -0.4 is 0 Å². The number of nitrogens with zero attached hydrogens (tertiary/aromatic N) is 3. The maximum absolute atomic E-state index is 9.80. The van der Waals surface area contributed by atoms with Crippen LogP contribution in [0.1, 0.15) is 49.6 Å². The van der Waals surface area contributed by atoms with Crippen LogP contribution in [0.15, 0.2) is 36.5 Å². The molecule has 3 heteroatoms. The van der Waals surface area contributed by atoms with Crippen LogP contribution in [0.25, 0.3) is 0 Å². The van der Waals surface area contributed by atoms with Crippen molar-refractivity contribution < 1.29 is 0 Å². The summed E-state index contributed by atoms with van der Waals surface area (Å²) < 4.78 is 2.02. The van der Waals surface area contributed by atoms with Crippen molar-refractivity contribution in [1.29, 1.82) is 5.26 Å². The number of aromatic nitrogens is 2. The molecule has 108 valence electrons. The number of benzene rings is 1. The van der Waals surface area contributed by atoms with Crippen molar-refractivity contribution in [3.8, 4) is 6.07 Å². The Morgan fingerprint density at radius 1 is 1.38 bits per heavy atom. The second-order valence-electron chi connectivity index (χ2n) is 6.07. The summed E-state index contributed by atoms with van der Waals surface area (Å²) in [5.41, 5.74) is 3.14. The Labute approximate surface area is 126 Å². The third-order valence-electron chi connectivity index (χ3n) is 4.76. The van der Waals surface area contributed by atoms with Gasteiger partial charge in [-0.05, 0) is 43.4 Å². The zero-order chi connectivity index (χ0) is 14.9. The highest BCUT2D eigenvalue weighted by Crippen LogP contribution is 2.40. The molecule has 0 saturated carbocycles. The summed E-state index contributed by atoms with van der Waals surface area (Å²) in [6, 6.07) is 13.4. The second-order valence-corrected chi connectivity index (χ2v) is 6.07. The molecule has 2 atom stereocenters. The molecule has 0 fully saturated rings. The van der Waals surface area contributed by atoms with Gasteiger partial charge in [0.05, 0.1) is 17.2 Å². The Kier molecular flexibility index (Phi) is 3.55. The van der Waals surface area contributed by atoms with Crippen molar-refractivity contribution >= 4 is 0 Å². The molecule has 3 nitrogen and oxygen atoms in total. The summed E-state index contributed by atoms with van der Waals surface area (Å²) in [7, 11) is 0. The van der Waals surface area contributed by atoms with E-state index in [2.05, 4.69) is 49.3 Å². The molecular weight excluding hydrogens is 258 g/mol. The molecule has 0 bridgehead atoms. The van der Waals surface area contributed by atoms with E-state index in [0.717, 1.165) is 25.0 Å². The van der Waals surface area contributed by atoms with Crippen molar-refractivity contribution in [3.05, 3.63) is 53.3 Å². The highest BCUT2D eigenvalue weighted by Gasteiger charge is 2.39. The smallest absolute Gasteiger partial charge is 0.0884 e. The molecule has 3 rings (SSSR count). The highest BCUT2D eigenvalue weighted by molar-refractivity contribution is 5.45. The molecule has 0 N–H and O–H groups in total. The average molecular weight is 279 g/mol. The predicted molar refractivity (Wildman–Crippen MR) is 83.0 cm³/mol. The van der Waals surface area contributed by atoms with E-state index in [-0.39, 0.29) is 0 Å². The van der Waals surface area contributed by atoms with Gasteiger partial charge in [0.2, 0.25) is 0 Å². The average Bonchev–Trinajstić information content (AvgIpc) is 3.13. The summed E-state index contributed by atoms with van der Waals surface area (Å²) in [5.74, 6) is 0. The molecule has 0 spiro atoms. The molecule has 0 aliphatic heterocycles. The number of hydrogen-bond acceptors (Lipinski definition) is 2. The van der Waals surface area contributed by atoms with E-state index in [1.807, 2.05) is 16.9 Å². The summed E-state index contributed by atoms with van der Waals surface area (Å²) in [5, 5.41) is 14.5.